The van der Waals surface area contributed by atoms with Gasteiger partial charge in [-0.15, -0.1) is 0 Å². The summed E-state index contributed by atoms with van der Waals surface area (Å²) in [6, 6.07) is 9.70. The average Bonchev–Trinajstić information content (AvgIpc) is 2.88. The maximum atomic E-state index is 12.9. The first-order valence-corrected chi connectivity index (χ1v) is 10.1. The van der Waals surface area contributed by atoms with Gasteiger partial charge in [-0.05, 0) is 31.4 Å². The third-order valence-corrected chi connectivity index (χ3v) is 5.97. The minimum Gasteiger partial charge on any atom is -0.375 e. The summed E-state index contributed by atoms with van der Waals surface area (Å²) in [4.78, 5) is 42.5. The number of carbonyl (C=O) groups is 3. The Labute approximate surface area is 166 Å². The number of imide groups is 1. The predicted octanol–water partition coefficient (Wildman–Crippen LogP) is 2.23. The molecule has 7 nitrogen and oxygen atoms in total. The molecular formula is C21H30N4O3. The highest BCUT2D eigenvalue weighted by atomic mass is 16.2. The summed E-state index contributed by atoms with van der Waals surface area (Å²) < 4.78 is 0. The van der Waals surface area contributed by atoms with Gasteiger partial charge in [-0.25, -0.2) is 4.79 Å². The Kier molecular flexibility index (Phi) is 6.21. The van der Waals surface area contributed by atoms with Crippen molar-refractivity contribution in [2.75, 3.05) is 38.6 Å². The van der Waals surface area contributed by atoms with E-state index >= 15 is 0 Å². The summed E-state index contributed by atoms with van der Waals surface area (Å²) in [5.41, 5.74) is 0.400. The number of anilines is 1. The van der Waals surface area contributed by atoms with E-state index < -0.39 is 5.54 Å². The van der Waals surface area contributed by atoms with Crippen molar-refractivity contribution in [2.45, 2.75) is 44.1 Å². The lowest BCUT2D eigenvalue weighted by molar-refractivity contribution is -0.137. The van der Waals surface area contributed by atoms with Crippen LogP contribution in [0.1, 0.15) is 38.5 Å². The number of benzene rings is 1. The molecule has 0 unspecified atom stereocenters. The van der Waals surface area contributed by atoms with Crippen LogP contribution < -0.4 is 10.2 Å². The molecule has 4 amide bonds. The van der Waals surface area contributed by atoms with Crippen molar-refractivity contribution in [1.82, 2.24) is 15.1 Å². The Balaban J connectivity index is 1.46. The SMILES string of the molecule is CN(CCCNC(=O)CN1C(=O)N(C)C2(CCCCC2)C1=O)c1ccccc1. The van der Waals surface area contributed by atoms with E-state index in [4.69, 9.17) is 0 Å². The van der Waals surface area contributed by atoms with Gasteiger partial charge in [0.15, 0.2) is 0 Å². The topological polar surface area (TPSA) is 73.0 Å². The van der Waals surface area contributed by atoms with Crippen molar-refractivity contribution in [2.24, 2.45) is 0 Å². The number of amides is 4. The smallest absolute Gasteiger partial charge is 0.327 e. The average molecular weight is 386 g/mol. The molecule has 1 aliphatic carbocycles. The summed E-state index contributed by atoms with van der Waals surface area (Å²) in [6.45, 7) is 1.11. The van der Waals surface area contributed by atoms with Gasteiger partial charge < -0.3 is 15.1 Å². The molecule has 3 rings (SSSR count). The van der Waals surface area contributed by atoms with Crippen molar-refractivity contribution >= 4 is 23.5 Å². The molecule has 1 spiro atoms. The van der Waals surface area contributed by atoms with Crippen LogP contribution in [0.4, 0.5) is 10.5 Å². The molecule has 0 atom stereocenters. The Morgan fingerprint density at radius 3 is 2.50 bits per heavy atom. The predicted molar refractivity (Wildman–Crippen MR) is 108 cm³/mol. The van der Waals surface area contributed by atoms with Gasteiger partial charge in [0.25, 0.3) is 5.91 Å². The van der Waals surface area contributed by atoms with Crippen LogP contribution in [0.3, 0.4) is 0 Å². The quantitative estimate of drug-likeness (QED) is 0.576. The van der Waals surface area contributed by atoms with Gasteiger partial charge in [0.05, 0.1) is 0 Å². The van der Waals surface area contributed by atoms with Gasteiger partial charge in [0.2, 0.25) is 5.91 Å². The van der Waals surface area contributed by atoms with Crippen molar-refractivity contribution < 1.29 is 14.4 Å². The molecule has 1 N–H and O–H groups in total. The number of para-hydroxylation sites is 1. The van der Waals surface area contributed by atoms with Crippen LogP contribution in [0.15, 0.2) is 30.3 Å². The summed E-state index contributed by atoms with van der Waals surface area (Å²) in [7, 11) is 3.70. The minimum atomic E-state index is -0.728. The summed E-state index contributed by atoms with van der Waals surface area (Å²) in [5, 5.41) is 2.83. The van der Waals surface area contributed by atoms with Crippen molar-refractivity contribution in [1.29, 1.82) is 0 Å². The molecule has 2 aliphatic rings. The van der Waals surface area contributed by atoms with Crippen LogP contribution >= 0.6 is 0 Å². The molecule has 1 saturated carbocycles. The lowest BCUT2D eigenvalue weighted by atomic mass is 9.81. The summed E-state index contributed by atoms with van der Waals surface area (Å²) in [6.07, 6.45) is 5.14. The Bertz CT molecular complexity index is 716. The van der Waals surface area contributed by atoms with Crippen LogP contribution in [-0.4, -0.2) is 66.9 Å². The Morgan fingerprint density at radius 1 is 1.14 bits per heavy atom. The second-order valence-corrected chi connectivity index (χ2v) is 7.79. The lowest BCUT2D eigenvalue weighted by Crippen LogP contribution is -2.49. The van der Waals surface area contributed by atoms with Crippen LogP contribution in [0.5, 0.6) is 0 Å². The highest BCUT2D eigenvalue weighted by molar-refractivity contribution is 6.08. The van der Waals surface area contributed by atoms with Crippen molar-refractivity contribution in [3.05, 3.63) is 30.3 Å². The van der Waals surface area contributed by atoms with E-state index in [1.807, 2.05) is 37.4 Å². The molecule has 152 valence electrons. The number of nitrogens with zero attached hydrogens (tertiary/aromatic N) is 3. The van der Waals surface area contributed by atoms with Crippen LogP contribution in [0.2, 0.25) is 0 Å². The van der Waals surface area contributed by atoms with Crippen LogP contribution in [0.25, 0.3) is 0 Å². The zero-order valence-electron chi connectivity index (χ0n) is 16.8. The fourth-order valence-corrected chi connectivity index (χ4v) is 4.23. The highest BCUT2D eigenvalue weighted by Crippen LogP contribution is 2.39. The van der Waals surface area contributed by atoms with E-state index in [9.17, 15) is 14.4 Å². The summed E-state index contributed by atoms with van der Waals surface area (Å²) in [5.74, 6) is -0.496. The van der Waals surface area contributed by atoms with Gasteiger partial charge in [0.1, 0.15) is 12.1 Å². The molecule has 1 aromatic rings. The molecule has 0 radical (unpaired) electrons. The van der Waals surface area contributed by atoms with E-state index in [1.54, 1.807) is 11.9 Å². The van der Waals surface area contributed by atoms with Gasteiger partial charge >= 0.3 is 6.03 Å². The molecule has 1 aliphatic heterocycles. The lowest BCUT2D eigenvalue weighted by Gasteiger charge is -2.35. The number of likely N-dealkylation sites (N-methyl/N-ethyl adjacent to an activating group) is 1. The molecule has 0 aromatic heterocycles. The number of carbonyl (C=O) groups excluding carboxylic acids is 3. The van der Waals surface area contributed by atoms with Crippen molar-refractivity contribution in [3.8, 4) is 0 Å². The van der Waals surface area contributed by atoms with E-state index in [0.717, 1.165) is 42.8 Å². The number of urea groups is 1. The monoisotopic (exact) mass is 386 g/mol. The molecule has 28 heavy (non-hydrogen) atoms. The zero-order chi connectivity index (χ0) is 20.1. The fourth-order valence-electron chi connectivity index (χ4n) is 4.23. The van der Waals surface area contributed by atoms with E-state index in [-0.39, 0.29) is 24.4 Å². The summed E-state index contributed by atoms with van der Waals surface area (Å²) >= 11 is 0. The van der Waals surface area contributed by atoms with Crippen LogP contribution in [0, 0.1) is 0 Å². The minimum absolute atomic E-state index is 0.196. The normalized spacial score (nSPS) is 18.6. The molecule has 7 heteroatoms. The van der Waals surface area contributed by atoms with Gasteiger partial charge in [0, 0.05) is 32.9 Å². The van der Waals surface area contributed by atoms with E-state index in [1.165, 1.54) is 0 Å². The van der Waals surface area contributed by atoms with Gasteiger partial charge in [-0.2, -0.15) is 0 Å². The first kappa shape index (κ1) is 20.2. The first-order chi connectivity index (χ1) is 13.5. The number of rotatable bonds is 7. The molecule has 1 saturated heterocycles. The Hall–Kier alpha value is -2.57. The number of nitrogens with one attached hydrogen (secondary N) is 1. The third kappa shape index (κ3) is 3.98. The largest absolute Gasteiger partial charge is 0.375 e. The molecule has 1 heterocycles. The Morgan fingerprint density at radius 2 is 1.82 bits per heavy atom. The fraction of sp³-hybridized carbons (Fsp3) is 0.571. The second kappa shape index (κ2) is 8.63. The molecule has 0 bridgehead atoms. The number of hydrogen-bond donors (Lipinski definition) is 1. The van der Waals surface area contributed by atoms with Gasteiger partial charge in [-0.3, -0.25) is 14.5 Å². The zero-order valence-corrected chi connectivity index (χ0v) is 16.8. The first-order valence-electron chi connectivity index (χ1n) is 10.1. The molecule has 2 fully saturated rings. The standard InChI is InChI=1S/C21H30N4O3/c1-23(17-10-5-3-6-11-17)15-9-14-22-18(26)16-25-19(27)21(24(2)20(25)28)12-7-4-8-13-21/h3,5-6,10-11H,4,7-9,12-16H2,1-2H3,(H,22,26). The second-order valence-electron chi connectivity index (χ2n) is 7.79. The maximum absolute atomic E-state index is 12.9. The third-order valence-electron chi connectivity index (χ3n) is 5.97. The van der Waals surface area contributed by atoms with E-state index in [0.29, 0.717) is 19.4 Å². The van der Waals surface area contributed by atoms with Crippen molar-refractivity contribution in [3.63, 3.8) is 0 Å². The molecular weight excluding hydrogens is 356 g/mol. The van der Waals surface area contributed by atoms with Crippen LogP contribution in [-0.2, 0) is 9.59 Å². The van der Waals surface area contributed by atoms with E-state index in [2.05, 4.69) is 10.2 Å². The highest BCUT2D eigenvalue weighted by Gasteiger charge is 2.55. The van der Waals surface area contributed by atoms with Gasteiger partial charge in [-0.1, -0.05) is 37.5 Å². The molecule has 1 aromatic carbocycles. The maximum Gasteiger partial charge on any atom is 0.327 e. The number of hydrogen-bond acceptors (Lipinski definition) is 4.